The van der Waals surface area contributed by atoms with Crippen molar-refractivity contribution in [1.82, 2.24) is 19.6 Å². The average Bonchev–Trinajstić information content (AvgIpc) is 3.14. The zero-order valence-electron chi connectivity index (χ0n) is 14.4. The van der Waals surface area contributed by atoms with Crippen LogP contribution < -0.4 is 10.6 Å². The second-order valence-corrected chi connectivity index (χ2v) is 6.53. The summed E-state index contributed by atoms with van der Waals surface area (Å²) in [5.74, 6) is -0.661. The lowest BCUT2D eigenvalue weighted by Gasteiger charge is -2.07. The maximum atomic E-state index is 12.4. The number of aryl methyl sites for hydroxylation is 2. The molecular formula is C17H17BrN6O2. The number of hydrogen-bond donors (Lipinski definition) is 2. The Balaban J connectivity index is 1.74. The van der Waals surface area contributed by atoms with Gasteiger partial charge in [0.15, 0.2) is 11.4 Å². The van der Waals surface area contributed by atoms with Gasteiger partial charge in [0.1, 0.15) is 0 Å². The maximum Gasteiger partial charge on any atom is 0.277 e. The van der Waals surface area contributed by atoms with E-state index in [0.29, 0.717) is 27.2 Å². The van der Waals surface area contributed by atoms with Crippen LogP contribution >= 0.6 is 15.9 Å². The second-order valence-electron chi connectivity index (χ2n) is 5.74. The third-order valence-corrected chi connectivity index (χ3v) is 4.75. The van der Waals surface area contributed by atoms with Crippen LogP contribution in [0.25, 0.3) is 0 Å². The van der Waals surface area contributed by atoms with E-state index in [4.69, 9.17) is 0 Å². The Bertz CT molecular complexity index is 991. The number of rotatable bonds is 4. The van der Waals surface area contributed by atoms with Gasteiger partial charge in [0, 0.05) is 31.7 Å². The van der Waals surface area contributed by atoms with Crippen molar-refractivity contribution in [3.63, 3.8) is 0 Å². The van der Waals surface area contributed by atoms with Crippen molar-refractivity contribution in [3.8, 4) is 0 Å². The lowest BCUT2D eigenvalue weighted by atomic mass is 10.2. The highest BCUT2D eigenvalue weighted by atomic mass is 79.9. The molecule has 26 heavy (non-hydrogen) atoms. The van der Waals surface area contributed by atoms with Crippen LogP contribution in [0.1, 0.15) is 26.7 Å². The predicted octanol–water partition coefficient (Wildman–Crippen LogP) is 2.73. The molecule has 0 atom stereocenters. The van der Waals surface area contributed by atoms with Crippen LogP contribution in [0.4, 0.5) is 11.4 Å². The van der Waals surface area contributed by atoms with Gasteiger partial charge in [-0.1, -0.05) is 6.07 Å². The van der Waals surface area contributed by atoms with Gasteiger partial charge in [-0.25, -0.2) is 0 Å². The Morgan fingerprint density at radius 3 is 2.23 bits per heavy atom. The number of amides is 2. The molecule has 0 saturated carbocycles. The normalized spacial score (nSPS) is 10.6. The summed E-state index contributed by atoms with van der Waals surface area (Å²) in [5.41, 5.74) is 2.56. The van der Waals surface area contributed by atoms with Crippen LogP contribution in [0, 0.1) is 6.92 Å². The maximum absolute atomic E-state index is 12.4. The molecule has 8 nitrogen and oxygen atoms in total. The first kappa shape index (κ1) is 17.9. The van der Waals surface area contributed by atoms with E-state index in [2.05, 4.69) is 36.8 Å². The molecule has 3 aromatic rings. The molecule has 9 heteroatoms. The number of carbonyl (C=O) groups excluding carboxylic acids is 2. The van der Waals surface area contributed by atoms with Crippen LogP contribution in [0.15, 0.2) is 41.0 Å². The van der Waals surface area contributed by atoms with Gasteiger partial charge in [0.25, 0.3) is 11.8 Å². The predicted molar refractivity (Wildman–Crippen MR) is 101 cm³/mol. The zero-order chi connectivity index (χ0) is 18.8. The van der Waals surface area contributed by atoms with Crippen molar-refractivity contribution in [2.24, 2.45) is 14.1 Å². The third-order valence-electron chi connectivity index (χ3n) is 3.80. The van der Waals surface area contributed by atoms with Crippen molar-refractivity contribution in [2.75, 3.05) is 10.6 Å². The molecule has 0 bridgehead atoms. The van der Waals surface area contributed by atoms with Crippen LogP contribution in [0.3, 0.4) is 0 Å². The minimum Gasteiger partial charge on any atom is -0.321 e. The molecule has 2 N–H and O–H groups in total. The number of aromatic nitrogens is 4. The molecule has 0 unspecified atom stereocenters. The minimum atomic E-state index is -0.339. The number of nitrogens with zero attached hydrogens (tertiary/aromatic N) is 4. The standard InChI is InChI=1S/C17H17BrN6O2/c1-10-14(18)15(22-24(10)3)17(26)20-12-6-4-5-11(9-12)19-16(25)13-7-8-23(2)21-13/h4-9H,1-3H3,(H,19,25)(H,20,26). The lowest BCUT2D eigenvalue weighted by molar-refractivity contribution is 0.101. The molecule has 0 fully saturated rings. The van der Waals surface area contributed by atoms with Crippen molar-refractivity contribution in [1.29, 1.82) is 0 Å². The van der Waals surface area contributed by atoms with Crippen molar-refractivity contribution >= 4 is 39.1 Å². The summed E-state index contributed by atoms with van der Waals surface area (Å²) in [4.78, 5) is 24.6. The molecule has 0 aliphatic carbocycles. The molecular weight excluding hydrogens is 400 g/mol. The zero-order valence-corrected chi connectivity index (χ0v) is 16.0. The van der Waals surface area contributed by atoms with Crippen molar-refractivity contribution in [3.05, 3.63) is 58.1 Å². The number of nitrogens with one attached hydrogen (secondary N) is 2. The molecule has 3 rings (SSSR count). The van der Waals surface area contributed by atoms with Crippen LogP contribution in [0.2, 0.25) is 0 Å². The SMILES string of the molecule is Cc1c(Br)c(C(=O)Nc2cccc(NC(=O)c3ccn(C)n3)c2)nn1C. The summed E-state index contributed by atoms with van der Waals surface area (Å²) in [6.07, 6.45) is 1.69. The quantitative estimate of drug-likeness (QED) is 0.683. The summed E-state index contributed by atoms with van der Waals surface area (Å²) in [6, 6.07) is 8.50. The van der Waals surface area contributed by atoms with E-state index in [0.717, 1.165) is 5.69 Å². The Kier molecular flexibility index (Phi) is 4.90. The van der Waals surface area contributed by atoms with E-state index in [9.17, 15) is 9.59 Å². The van der Waals surface area contributed by atoms with Gasteiger partial charge in [0.05, 0.1) is 10.2 Å². The number of carbonyl (C=O) groups is 2. The van der Waals surface area contributed by atoms with Gasteiger partial charge in [-0.2, -0.15) is 10.2 Å². The summed E-state index contributed by atoms with van der Waals surface area (Å²) in [7, 11) is 3.51. The minimum absolute atomic E-state index is 0.299. The summed E-state index contributed by atoms with van der Waals surface area (Å²) in [6.45, 7) is 1.86. The summed E-state index contributed by atoms with van der Waals surface area (Å²) < 4.78 is 3.83. The van der Waals surface area contributed by atoms with Gasteiger partial charge in [0.2, 0.25) is 0 Å². The van der Waals surface area contributed by atoms with Crippen molar-refractivity contribution < 1.29 is 9.59 Å². The summed E-state index contributed by atoms with van der Waals surface area (Å²) in [5, 5.41) is 13.8. The molecule has 0 aliphatic rings. The fraction of sp³-hybridized carbons (Fsp3) is 0.176. The topological polar surface area (TPSA) is 93.8 Å². The van der Waals surface area contributed by atoms with Gasteiger partial charge in [-0.05, 0) is 47.1 Å². The Hall–Kier alpha value is -2.94. The van der Waals surface area contributed by atoms with E-state index in [1.165, 1.54) is 0 Å². The molecule has 2 heterocycles. The highest BCUT2D eigenvalue weighted by Gasteiger charge is 2.18. The largest absolute Gasteiger partial charge is 0.321 e. The molecule has 134 valence electrons. The molecule has 0 aliphatic heterocycles. The summed E-state index contributed by atoms with van der Waals surface area (Å²) >= 11 is 3.38. The number of hydrogen-bond acceptors (Lipinski definition) is 4. The smallest absolute Gasteiger partial charge is 0.277 e. The molecule has 2 aromatic heterocycles. The fourth-order valence-corrected chi connectivity index (χ4v) is 2.84. The van der Waals surface area contributed by atoms with Gasteiger partial charge in [-0.15, -0.1) is 0 Å². The van der Waals surface area contributed by atoms with Gasteiger partial charge in [-0.3, -0.25) is 19.0 Å². The van der Waals surface area contributed by atoms with Crippen LogP contribution in [0.5, 0.6) is 0 Å². The number of benzene rings is 1. The first-order valence-corrected chi connectivity index (χ1v) is 8.56. The van der Waals surface area contributed by atoms with Gasteiger partial charge < -0.3 is 10.6 Å². The number of halogens is 1. The van der Waals surface area contributed by atoms with E-state index in [1.54, 1.807) is 60.0 Å². The lowest BCUT2D eigenvalue weighted by Crippen LogP contribution is -2.15. The third kappa shape index (κ3) is 3.67. The van der Waals surface area contributed by atoms with Crippen molar-refractivity contribution in [2.45, 2.75) is 6.92 Å². The highest BCUT2D eigenvalue weighted by Crippen LogP contribution is 2.22. The Morgan fingerprint density at radius 1 is 1.04 bits per heavy atom. The molecule has 0 radical (unpaired) electrons. The monoisotopic (exact) mass is 416 g/mol. The second kappa shape index (κ2) is 7.12. The van der Waals surface area contributed by atoms with Gasteiger partial charge >= 0.3 is 0 Å². The first-order valence-electron chi connectivity index (χ1n) is 7.76. The fourth-order valence-electron chi connectivity index (χ4n) is 2.32. The van der Waals surface area contributed by atoms with E-state index in [1.807, 2.05) is 6.92 Å². The Labute approximate surface area is 158 Å². The van der Waals surface area contributed by atoms with E-state index in [-0.39, 0.29) is 11.8 Å². The van der Waals surface area contributed by atoms with Crippen LogP contribution in [-0.4, -0.2) is 31.4 Å². The molecule has 0 spiro atoms. The average molecular weight is 417 g/mol. The molecule has 2 amide bonds. The van der Waals surface area contributed by atoms with E-state index >= 15 is 0 Å². The molecule has 0 saturated heterocycles. The number of anilines is 2. The van der Waals surface area contributed by atoms with E-state index < -0.39 is 0 Å². The molecule has 1 aromatic carbocycles. The highest BCUT2D eigenvalue weighted by molar-refractivity contribution is 9.10. The first-order chi connectivity index (χ1) is 12.3. The Morgan fingerprint density at radius 2 is 1.69 bits per heavy atom. The van der Waals surface area contributed by atoms with Crippen LogP contribution in [-0.2, 0) is 14.1 Å².